The zero-order chi connectivity index (χ0) is 15.6. The first-order chi connectivity index (χ1) is 10.7. The van der Waals surface area contributed by atoms with Crippen molar-refractivity contribution in [3.05, 3.63) is 23.8 Å². The Bertz CT molecular complexity index is 510. The first-order valence-electron chi connectivity index (χ1n) is 8.47. The second kappa shape index (κ2) is 6.47. The van der Waals surface area contributed by atoms with E-state index in [4.69, 9.17) is 9.47 Å². The SMILES string of the molecule is CCCOc1ccc2c(c1)OC1(CCN(C)CC1)CC2NC. The number of piperidine rings is 1. The summed E-state index contributed by atoms with van der Waals surface area (Å²) in [5, 5.41) is 3.47. The van der Waals surface area contributed by atoms with Crippen LogP contribution in [0.3, 0.4) is 0 Å². The number of hydrogen-bond donors (Lipinski definition) is 1. The highest BCUT2D eigenvalue weighted by molar-refractivity contribution is 5.44. The van der Waals surface area contributed by atoms with Crippen LogP contribution in [0.4, 0.5) is 0 Å². The van der Waals surface area contributed by atoms with Crippen LogP contribution in [0.25, 0.3) is 0 Å². The van der Waals surface area contributed by atoms with Gasteiger partial charge in [0.25, 0.3) is 0 Å². The third kappa shape index (κ3) is 3.08. The van der Waals surface area contributed by atoms with E-state index in [1.807, 2.05) is 7.05 Å². The number of likely N-dealkylation sites (tertiary alicyclic amines) is 1. The molecule has 4 nitrogen and oxygen atoms in total. The molecule has 2 aliphatic rings. The molecule has 2 heterocycles. The molecule has 1 aromatic rings. The molecule has 4 heteroatoms. The molecule has 0 aromatic heterocycles. The lowest BCUT2D eigenvalue weighted by Gasteiger charge is -2.46. The maximum Gasteiger partial charge on any atom is 0.128 e. The van der Waals surface area contributed by atoms with Gasteiger partial charge in [0.1, 0.15) is 17.1 Å². The summed E-state index contributed by atoms with van der Waals surface area (Å²) in [6, 6.07) is 6.67. The van der Waals surface area contributed by atoms with Crippen LogP contribution >= 0.6 is 0 Å². The van der Waals surface area contributed by atoms with Gasteiger partial charge in [0.05, 0.1) is 6.61 Å². The van der Waals surface area contributed by atoms with Crippen molar-refractivity contribution < 1.29 is 9.47 Å². The Labute approximate surface area is 133 Å². The van der Waals surface area contributed by atoms with Gasteiger partial charge in [-0.05, 0) is 39.4 Å². The molecule has 0 radical (unpaired) electrons. The average molecular weight is 304 g/mol. The number of rotatable bonds is 4. The quantitative estimate of drug-likeness (QED) is 0.927. The van der Waals surface area contributed by atoms with Crippen molar-refractivity contribution in [3.63, 3.8) is 0 Å². The molecule has 1 N–H and O–H groups in total. The van der Waals surface area contributed by atoms with Gasteiger partial charge in [-0.15, -0.1) is 0 Å². The van der Waals surface area contributed by atoms with Gasteiger partial charge in [-0.2, -0.15) is 0 Å². The highest BCUT2D eigenvalue weighted by Gasteiger charge is 2.42. The van der Waals surface area contributed by atoms with Gasteiger partial charge in [0, 0.05) is 37.2 Å². The topological polar surface area (TPSA) is 33.7 Å². The van der Waals surface area contributed by atoms with E-state index in [1.165, 1.54) is 5.56 Å². The Morgan fingerprint density at radius 1 is 1.36 bits per heavy atom. The number of nitrogens with zero attached hydrogens (tertiary/aromatic N) is 1. The maximum atomic E-state index is 6.51. The summed E-state index contributed by atoms with van der Waals surface area (Å²) in [6.07, 6.45) is 4.27. The predicted molar refractivity (Wildman–Crippen MR) is 88.7 cm³/mol. The van der Waals surface area contributed by atoms with Crippen LogP contribution in [0.1, 0.15) is 44.2 Å². The van der Waals surface area contributed by atoms with Gasteiger partial charge in [0.2, 0.25) is 0 Å². The second-order valence-corrected chi connectivity index (χ2v) is 6.68. The molecule has 0 amide bonds. The van der Waals surface area contributed by atoms with E-state index in [2.05, 4.69) is 42.4 Å². The Morgan fingerprint density at radius 2 is 2.14 bits per heavy atom. The Balaban J connectivity index is 1.85. The monoisotopic (exact) mass is 304 g/mol. The lowest BCUT2D eigenvalue weighted by molar-refractivity contribution is -0.0196. The molecule has 1 saturated heterocycles. The molecule has 0 saturated carbocycles. The van der Waals surface area contributed by atoms with E-state index in [-0.39, 0.29) is 5.60 Å². The Morgan fingerprint density at radius 3 is 2.82 bits per heavy atom. The Kier molecular flexibility index (Phi) is 4.59. The van der Waals surface area contributed by atoms with Crippen molar-refractivity contribution in [2.75, 3.05) is 33.8 Å². The molecule has 3 rings (SSSR count). The largest absolute Gasteiger partial charge is 0.493 e. The summed E-state index contributed by atoms with van der Waals surface area (Å²) in [4.78, 5) is 2.39. The van der Waals surface area contributed by atoms with Gasteiger partial charge in [-0.3, -0.25) is 0 Å². The molecule has 0 aliphatic carbocycles. The molecule has 1 spiro atoms. The third-order valence-electron chi connectivity index (χ3n) is 4.98. The fourth-order valence-corrected chi connectivity index (χ4v) is 3.55. The highest BCUT2D eigenvalue weighted by Crippen LogP contribution is 2.45. The molecule has 1 fully saturated rings. The van der Waals surface area contributed by atoms with Crippen LogP contribution in [-0.4, -0.2) is 44.3 Å². The van der Waals surface area contributed by atoms with Crippen LogP contribution in [0.15, 0.2) is 18.2 Å². The molecule has 22 heavy (non-hydrogen) atoms. The second-order valence-electron chi connectivity index (χ2n) is 6.68. The van der Waals surface area contributed by atoms with E-state index in [9.17, 15) is 0 Å². The van der Waals surface area contributed by atoms with Crippen LogP contribution in [0, 0.1) is 0 Å². The normalized spacial score (nSPS) is 23.9. The molecule has 1 unspecified atom stereocenters. The first-order valence-corrected chi connectivity index (χ1v) is 8.47. The minimum Gasteiger partial charge on any atom is -0.493 e. The van der Waals surface area contributed by atoms with Crippen molar-refractivity contribution in [2.45, 2.75) is 44.2 Å². The van der Waals surface area contributed by atoms with Crippen molar-refractivity contribution in [1.82, 2.24) is 10.2 Å². The lowest BCUT2D eigenvalue weighted by atomic mass is 9.80. The number of benzene rings is 1. The number of fused-ring (bicyclic) bond motifs is 1. The summed E-state index contributed by atoms with van der Waals surface area (Å²) in [7, 11) is 4.24. The summed E-state index contributed by atoms with van der Waals surface area (Å²) in [5.41, 5.74) is 1.24. The molecule has 122 valence electrons. The maximum absolute atomic E-state index is 6.51. The minimum absolute atomic E-state index is 0.0173. The van der Waals surface area contributed by atoms with Crippen LogP contribution < -0.4 is 14.8 Å². The highest BCUT2D eigenvalue weighted by atomic mass is 16.5. The van der Waals surface area contributed by atoms with Crippen LogP contribution in [-0.2, 0) is 0 Å². The minimum atomic E-state index is -0.0173. The van der Waals surface area contributed by atoms with Crippen molar-refractivity contribution in [2.24, 2.45) is 0 Å². The molecule has 1 aromatic carbocycles. The molecule has 1 atom stereocenters. The van der Waals surface area contributed by atoms with Crippen molar-refractivity contribution >= 4 is 0 Å². The van der Waals surface area contributed by atoms with Gasteiger partial charge in [-0.25, -0.2) is 0 Å². The smallest absolute Gasteiger partial charge is 0.128 e. The van der Waals surface area contributed by atoms with Gasteiger partial charge in [0.15, 0.2) is 0 Å². The molecule has 2 aliphatic heterocycles. The zero-order valence-electron chi connectivity index (χ0n) is 14.0. The van der Waals surface area contributed by atoms with Crippen LogP contribution in [0.5, 0.6) is 11.5 Å². The standard InChI is InChI=1S/C18H28N2O2/c1-4-11-21-14-5-6-15-16(19-2)13-18(22-17(15)12-14)7-9-20(3)10-8-18/h5-6,12,16,19H,4,7-11,13H2,1-3H3. The fraction of sp³-hybridized carbons (Fsp3) is 0.667. The van der Waals surface area contributed by atoms with E-state index in [1.54, 1.807) is 0 Å². The zero-order valence-corrected chi connectivity index (χ0v) is 14.0. The molecular formula is C18H28N2O2. The van der Waals surface area contributed by atoms with Gasteiger partial charge in [-0.1, -0.05) is 13.0 Å². The van der Waals surface area contributed by atoms with Crippen molar-refractivity contribution in [3.8, 4) is 11.5 Å². The third-order valence-corrected chi connectivity index (χ3v) is 4.98. The molecular weight excluding hydrogens is 276 g/mol. The van der Waals surface area contributed by atoms with Crippen LogP contribution in [0.2, 0.25) is 0 Å². The number of nitrogens with one attached hydrogen (secondary N) is 1. The average Bonchev–Trinajstić information content (AvgIpc) is 2.55. The van der Waals surface area contributed by atoms with E-state index < -0.39 is 0 Å². The van der Waals surface area contributed by atoms with E-state index >= 15 is 0 Å². The summed E-state index contributed by atoms with van der Waals surface area (Å²) in [5.74, 6) is 1.92. The summed E-state index contributed by atoms with van der Waals surface area (Å²) >= 11 is 0. The first kappa shape index (κ1) is 15.6. The fourth-order valence-electron chi connectivity index (χ4n) is 3.55. The predicted octanol–water partition coefficient (Wildman–Crippen LogP) is 2.98. The van der Waals surface area contributed by atoms with Gasteiger partial charge < -0.3 is 19.7 Å². The summed E-state index contributed by atoms with van der Waals surface area (Å²) < 4.78 is 12.3. The van der Waals surface area contributed by atoms with Gasteiger partial charge >= 0.3 is 0 Å². The van der Waals surface area contributed by atoms with E-state index in [0.29, 0.717) is 6.04 Å². The van der Waals surface area contributed by atoms with Crippen molar-refractivity contribution in [1.29, 1.82) is 0 Å². The number of hydrogen-bond acceptors (Lipinski definition) is 4. The Hall–Kier alpha value is -1.26. The lowest BCUT2D eigenvalue weighted by Crippen LogP contribution is -2.50. The molecule has 0 bridgehead atoms. The number of ether oxygens (including phenoxy) is 2. The summed E-state index contributed by atoms with van der Waals surface area (Å²) in [6.45, 7) is 5.10. The van der Waals surface area contributed by atoms with E-state index in [0.717, 1.165) is 56.9 Å².